The Balaban J connectivity index is 1.47. The summed E-state index contributed by atoms with van der Waals surface area (Å²) in [6, 6.07) is 20.2. The van der Waals surface area contributed by atoms with E-state index < -0.39 is 0 Å². The molecule has 222 valence electrons. The van der Waals surface area contributed by atoms with Crippen LogP contribution in [0.3, 0.4) is 0 Å². The van der Waals surface area contributed by atoms with Gasteiger partial charge in [-0.1, -0.05) is 61.2 Å². The Bertz CT molecular complexity index is 1640. The van der Waals surface area contributed by atoms with Crippen molar-refractivity contribution in [2.24, 2.45) is 0 Å². The summed E-state index contributed by atoms with van der Waals surface area (Å²) in [5.41, 5.74) is 3.39. The fourth-order valence-electron chi connectivity index (χ4n) is 5.59. The molecule has 0 spiro atoms. The quantitative estimate of drug-likeness (QED) is 0.240. The van der Waals surface area contributed by atoms with E-state index in [1.165, 1.54) is 17.4 Å². The molecule has 2 aromatic carbocycles. The highest BCUT2D eigenvalue weighted by Crippen LogP contribution is 2.36. The number of aromatic nitrogens is 1. The van der Waals surface area contributed by atoms with E-state index in [1.54, 1.807) is 23.5 Å². The summed E-state index contributed by atoms with van der Waals surface area (Å²) in [5.74, 6) is 1.39. The average molecular weight is 614 g/mol. The number of hydrogen-bond acceptors (Lipinski definition) is 8. The van der Waals surface area contributed by atoms with Gasteiger partial charge in [-0.05, 0) is 61.2 Å². The lowest BCUT2D eigenvalue weighted by molar-refractivity contribution is -0.122. The Morgan fingerprint density at radius 2 is 1.67 bits per heavy atom. The van der Waals surface area contributed by atoms with E-state index in [0.29, 0.717) is 47.4 Å². The fraction of sp³-hybridized carbons (Fsp3) is 0.333. The summed E-state index contributed by atoms with van der Waals surface area (Å²) in [7, 11) is 1.63. The Hall–Kier alpha value is -4.07. The molecule has 2 fully saturated rings. The zero-order chi connectivity index (χ0) is 30.5. The molecule has 2 saturated heterocycles. The number of nitriles is 1. The monoisotopic (exact) mass is 613 g/mol. The largest absolute Gasteiger partial charge is 0.497 e. The number of thiocarbonyl (C=S) groups is 1. The van der Waals surface area contributed by atoms with Gasteiger partial charge in [-0.15, -0.1) is 0 Å². The molecular weight excluding hydrogens is 579 g/mol. The van der Waals surface area contributed by atoms with E-state index in [9.17, 15) is 14.9 Å². The van der Waals surface area contributed by atoms with Crippen LogP contribution < -0.4 is 20.1 Å². The van der Waals surface area contributed by atoms with Crippen molar-refractivity contribution in [1.29, 1.82) is 5.26 Å². The molecule has 0 atom stereocenters. The average Bonchev–Trinajstić information content (AvgIpc) is 3.30. The molecule has 10 heteroatoms. The molecule has 3 aromatic rings. The van der Waals surface area contributed by atoms with Crippen LogP contribution in [0.25, 0.3) is 6.08 Å². The number of nitrogens with zero attached hydrogens (tertiary/aromatic N) is 5. The van der Waals surface area contributed by atoms with Gasteiger partial charge >= 0.3 is 0 Å². The molecule has 0 aliphatic carbocycles. The Kier molecular flexibility index (Phi) is 9.53. The predicted octanol–water partition coefficient (Wildman–Crippen LogP) is 5.22. The van der Waals surface area contributed by atoms with Crippen molar-refractivity contribution in [3.8, 4) is 11.8 Å². The molecular formula is C33H35N5O3S2. The van der Waals surface area contributed by atoms with Crippen LogP contribution in [0, 0.1) is 18.3 Å². The van der Waals surface area contributed by atoms with Crippen molar-refractivity contribution < 1.29 is 9.53 Å². The van der Waals surface area contributed by atoms with E-state index in [0.717, 1.165) is 42.2 Å². The minimum absolute atomic E-state index is 0.112. The number of ether oxygens (including phenoxy) is 1. The van der Waals surface area contributed by atoms with Gasteiger partial charge in [0.15, 0.2) is 0 Å². The molecule has 0 N–H and O–H groups in total. The number of hydrogen-bond donors (Lipinski definition) is 0. The number of amides is 1. The molecule has 2 aliphatic rings. The van der Waals surface area contributed by atoms with E-state index >= 15 is 0 Å². The highest BCUT2D eigenvalue weighted by atomic mass is 32.2. The van der Waals surface area contributed by atoms with Crippen LogP contribution in [0.1, 0.15) is 35.6 Å². The van der Waals surface area contributed by atoms with Crippen LogP contribution in [0.5, 0.6) is 5.75 Å². The number of piperazine rings is 1. The van der Waals surface area contributed by atoms with Crippen LogP contribution in [-0.4, -0.2) is 59.5 Å². The first-order valence-corrected chi connectivity index (χ1v) is 15.7. The number of pyridine rings is 1. The number of para-hydroxylation sites is 1. The second-order valence-electron chi connectivity index (χ2n) is 10.5. The third-order valence-electron chi connectivity index (χ3n) is 7.93. The van der Waals surface area contributed by atoms with Crippen molar-refractivity contribution >= 4 is 51.8 Å². The van der Waals surface area contributed by atoms with Crippen molar-refractivity contribution in [2.45, 2.75) is 33.2 Å². The summed E-state index contributed by atoms with van der Waals surface area (Å²) in [4.78, 5) is 33.9. The Morgan fingerprint density at radius 1 is 1.00 bits per heavy atom. The van der Waals surface area contributed by atoms with Crippen LogP contribution in [-0.2, 0) is 17.8 Å². The van der Waals surface area contributed by atoms with E-state index in [2.05, 4.69) is 28.0 Å². The van der Waals surface area contributed by atoms with Gasteiger partial charge in [-0.2, -0.15) is 5.26 Å². The van der Waals surface area contributed by atoms with Gasteiger partial charge in [0.05, 0.1) is 12.0 Å². The summed E-state index contributed by atoms with van der Waals surface area (Å²) in [5, 5.41) is 9.97. The van der Waals surface area contributed by atoms with Gasteiger partial charge in [0.1, 0.15) is 27.5 Å². The zero-order valence-electron chi connectivity index (χ0n) is 24.7. The van der Waals surface area contributed by atoms with Crippen molar-refractivity contribution in [1.82, 2.24) is 9.47 Å². The third-order valence-corrected chi connectivity index (χ3v) is 9.30. The second kappa shape index (κ2) is 13.5. The molecule has 3 heterocycles. The summed E-state index contributed by atoms with van der Waals surface area (Å²) < 4.78 is 7.47. The number of thioether (sulfide) groups is 1. The number of carbonyl (C=O) groups excluding carboxylic acids is 1. The minimum Gasteiger partial charge on any atom is -0.497 e. The second-order valence-corrected chi connectivity index (χ2v) is 12.2. The molecule has 5 rings (SSSR count). The molecule has 43 heavy (non-hydrogen) atoms. The number of carbonyl (C=O) groups is 1. The lowest BCUT2D eigenvalue weighted by atomic mass is 10.0. The highest BCUT2D eigenvalue weighted by molar-refractivity contribution is 8.26. The van der Waals surface area contributed by atoms with Gasteiger partial charge < -0.3 is 14.5 Å². The zero-order valence-corrected chi connectivity index (χ0v) is 26.3. The third kappa shape index (κ3) is 6.33. The van der Waals surface area contributed by atoms with E-state index in [-0.39, 0.29) is 17.0 Å². The number of methoxy groups -OCH3 is 1. The summed E-state index contributed by atoms with van der Waals surface area (Å²) in [6.07, 6.45) is 3.23. The first kappa shape index (κ1) is 30.4. The topological polar surface area (TPSA) is 81.8 Å². The first-order valence-electron chi connectivity index (χ1n) is 14.5. The maximum Gasteiger partial charge on any atom is 0.270 e. The van der Waals surface area contributed by atoms with Gasteiger partial charge in [0.2, 0.25) is 0 Å². The van der Waals surface area contributed by atoms with E-state index in [1.807, 2.05) is 55.5 Å². The van der Waals surface area contributed by atoms with Crippen LogP contribution in [0.15, 0.2) is 64.3 Å². The minimum atomic E-state index is -0.286. The van der Waals surface area contributed by atoms with Crippen LogP contribution >= 0.6 is 24.0 Å². The van der Waals surface area contributed by atoms with Crippen molar-refractivity contribution in [3.63, 3.8) is 0 Å². The lowest BCUT2D eigenvalue weighted by Gasteiger charge is -2.39. The molecule has 0 radical (unpaired) electrons. The maximum absolute atomic E-state index is 13.6. The van der Waals surface area contributed by atoms with Gasteiger partial charge in [0, 0.05) is 50.5 Å². The fourth-order valence-corrected chi connectivity index (χ4v) is 6.88. The van der Waals surface area contributed by atoms with Crippen molar-refractivity contribution in [3.05, 3.63) is 92.1 Å². The summed E-state index contributed by atoms with van der Waals surface area (Å²) >= 11 is 6.90. The lowest BCUT2D eigenvalue weighted by Crippen LogP contribution is -2.48. The standard InChI is InChI=1S/C33H35N5O3S2/c1-4-15-37-30(36-19-17-35(18-20-36)25-8-6-5-7-9-25)27(23(2)28(22-34)31(37)39)21-29-32(40)38(33(42)43-29)16-14-24-10-12-26(41-3)13-11-24/h5-13,21H,4,14-20H2,1-3H3. The molecule has 1 aromatic heterocycles. The number of anilines is 2. The molecule has 8 nitrogen and oxygen atoms in total. The SMILES string of the molecule is CCCn1c(N2CCN(c3ccccc3)CC2)c(C=C2SC(=S)N(CCc3ccc(OC)cc3)C2=O)c(C)c(C#N)c1=O. The molecule has 0 saturated carbocycles. The van der Waals surface area contributed by atoms with Gasteiger partial charge in [0.25, 0.3) is 11.5 Å². The first-order chi connectivity index (χ1) is 20.9. The maximum atomic E-state index is 13.6. The van der Waals surface area contributed by atoms with E-state index in [4.69, 9.17) is 17.0 Å². The highest BCUT2D eigenvalue weighted by Gasteiger charge is 2.33. The van der Waals surface area contributed by atoms with Crippen LogP contribution in [0.4, 0.5) is 11.5 Å². The Morgan fingerprint density at radius 3 is 2.30 bits per heavy atom. The molecule has 0 unspecified atom stereocenters. The van der Waals surface area contributed by atoms with Crippen LogP contribution in [0.2, 0.25) is 0 Å². The molecule has 0 bridgehead atoms. The number of rotatable bonds is 9. The summed E-state index contributed by atoms with van der Waals surface area (Å²) in [6.45, 7) is 7.73. The predicted molar refractivity (Wildman–Crippen MR) is 178 cm³/mol. The van der Waals surface area contributed by atoms with Crippen molar-refractivity contribution in [2.75, 3.05) is 49.6 Å². The smallest absolute Gasteiger partial charge is 0.270 e. The number of benzene rings is 2. The normalized spacial score (nSPS) is 16.2. The molecule has 1 amide bonds. The van der Waals surface area contributed by atoms with Gasteiger partial charge in [-0.3, -0.25) is 19.1 Å². The molecule has 2 aliphatic heterocycles. The van der Waals surface area contributed by atoms with Gasteiger partial charge in [-0.25, -0.2) is 0 Å². The Labute approximate surface area is 262 Å².